The van der Waals surface area contributed by atoms with Crippen LogP contribution in [0.5, 0.6) is 0 Å². The zero-order valence-corrected chi connectivity index (χ0v) is 9.75. The average Bonchev–Trinajstić information content (AvgIpc) is 2.22. The molecule has 0 bridgehead atoms. The molecule has 88 valence electrons. The van der Waals surface area contributed by atoms with Crippen LogP contribution < -0.4 is 5.32 Å². The first-order valence-corrected chi connectivity index (χ1v) is 6.10. The quantitative estimate of drug-likeness (QED) is 0.449. The lowest BCUT2D eigenvalue weighted by Gasteiger charge is -2.20. The molecule has 0 heterocycles. The van der Waals surface area contributed by atoms with Gasteiger partial charge >= 0.3 is 5.97 Å². The molecule has 6 heteroatoms. The third-order valence-corrected chi connectivity index (χ3v) is 2.43. The second-order valence-electron chi connectivity index (χ2n) is 2.86. The van der Waals surface area contributed by atoms with Gasteiger partial charge in [-0.2, -0.15) is 11.8 Å². The number of thioether (sulfide) groups is 1. The van der Waals surface area contributed by atoms with Crippen LogP contribution in [0.2, 0.25) is 0 Å². The van der Waals surface area contributed by atoms with Gasteiger partial charge in [-0.15, -0.1) is 0 Å². The van der Waals surface area contributed by atoms with Gasteiger partial charge in [0.15, 0.2) is 6.04 Å². The molecule has 0 saturated carbocycles. The molecule has 2 unspecified atom stereocenters. The maximum absolute atomic E-state index is 11.3. The number of aliphatic hydroxyl groups excluding tert-OH is 1. The summed E-state index contributed by atoms with van der Waals surface area (Å²) < 4.78 is 4.73. The molecule has 0 saturated heterocycles. The zero-order valence-electron chi connectivity index (χ0n) is 8.93. The summed E-state index contributed by atoms with van der Waals surface area (Å²) in [6.45, 7) is 1.90. The Morgan fingerprint density at radius 2 is 2.33 bits per heavy atom. The third-order valence-electron chi connectivity index (χ3n) is 1.79. The van der Waals surface area contributed by atoms with Crippen LogP contribution in [-0.4, -0.2) is 48.2 Å². The number of hydrogen-bond acceptors (Lipinski definition) is 5. The maximum atomic E-state index is 11.3. The molecular weight excluding hydrogens is 218 g/mol. The Bertz CT molecular complexity index is 201. The molecule has 0 aromatic carbocycles. The number of rotatable bonds is 8. The van der Waals surface area contributed by atoms with Crippen molar-refractivity contribution in [1.82, 2.24) is 5.32 Å². The van der Waals surface area contributed by atoms with Gasteiger partial charge in [0.05, 0.1) is 12.7 Å². The van der Waals surface area contributed by atoms with Crippen molar-refractivity contribution in [2.45, 2.75) is 25.5 Å². The van der Waals surface area contributed by atoms with Gasteiger partial charge in [0, 0.05) is 0 Å². The van der Waals surface area contributed by atoms with Crippen molar-refractivity contribution in [3.8, 4) is 0 Å². The predicted octanol–water partition coefficient (Wildman–Crippen LogP) is -0.222. The predicted molar refractivity (Wildman–Crippen MR) is 58.6 cm³/mol. The average molecular weight is 235 g/mol. The minimum Gasteiger partial charge on any atom is -0.464 e. The standard InChI is InChI=1S/C9H17NO4S/c1-3-14-9(13)8(10-6-11)7(12)4-5-15-2/h6-8,12H,3-5H2,1-2H3,(H,10,11). The number of esters is 1. The molecule has 0 spiro atoms. The number of nitrogens with one attached hydrogen (secondary N) is 1. The van der Waals surface area contributed by atoms with E-state index in [1.807, 2.05) is 6.26 Å². The van der Waals surface area contributed by atoms with Gasteiger partial charge in [-0.3, -0.25) is 4.79 Å². The molecule has 2 atom stereocenters. The Morgan fingerprint density at radius 1 is 1.67 bits per heavy atom. The highest BCUT2D eigenvalue weighted by atomic mass is 32.2. The molecule has 1 amide bonds. The summed E-state index contributed by atoms with van der Waals surface area (Å²) in [5.74, 6) is 0.121. The lowest BCUT2D eigenvalue weighted by atomic mass is 10.1. The van der Waals surface area contributed by atoms with Crippen LogP contribution >= 0.6 is 11.8 Å². The van der Waals surface area contributed by atoms with Gasteiger partial charge in [0.25, 0.3) is 0 Å². The Labute approximate surface area is 93.6 Å². The lowest BCUT2D eigenvalue weighted by molar-refractivity contribution is -0.149. The minimum absolute atomic E-state index is 0.227. The number of carbonyl (C=O) groups excluding carboxylic acids is 2. The van der Waals surface area contributed by atoms with Gasteiger partial charge in [-0.25, -0.2) is 4.79 Å². The van der Waals surface area contributed by atoms with Crippen molar-refractivity contribution in [3.63, 3.8) is 0 Å². The highest BCUT2D eigenvalue weighted by Crippen LogP contribution is 2.05. The maximum Gasteiger partial charge on any atom is 0.331 e. The first-order valence-electron chi connectivity index (χ1n) is 4.70. The molecule has 0 radical (unpaired) electrons. The summed E-state index contributed by atoms with van der Waals surface area (Å²) in [5.41, 5.74) is 0. The summed E-state index contributed by atoms with van der Waals surface area (Å²) in [6, 6.07) is -0.963. The fourth-order valence-electron chi connectivity index (χ4n) is 1.05. The van der Waals surface area contributed by atoms with E-state index in [1.165, 1.54) is 0 Å². The third kappa shape index (κ3) is 5.64. The highest BCUT2D eigenvalue weighted by Gasteiger charge is 2.26. The van der Waals surface area contributed by atoms with Crippen LogP contribution in [0.3, 0.4) is 0 Å². The molecule has 0 aliphatic heterocycles. The molecule has 0 aromatic heterocycles. The SMILES string of the molecule is CCOC(=O)C(NC=O)C(O)CCSC. The Hall–Kier alpha value is -0.750. The fraction of sp³-hybridized carbons (Fsp3) is 0.778. The van der Waals surface area contributed by atoms with Crippen molar-refractivity contribution < 1.29 is 19.4 Å². The number of hydrogen-bond donors (Lipinski definition) is 2. The summed E-state index contributed by atoms with van der Waals surface area (Å²) in [5, 5.41) is 11.9. The highest BCUT2D eigenvalue weighted by molar-refractivity contribution is 7.98. The normalized spacial score (nSPS) is 14.1. The number of ether oxygens (including phenoxy) is 1. The van der Waals surface area contributed by atoms with Crippen LogP contribution in [0.4, 0.5) is 0 Å². The second-order valence-corrected chi connectivity index (χ2v) is 3.85. The monoisotopic (exact) mass is 235 g/mol. The summed E-state index contributed by atoms with van der Waals surface area (Å²) in [7, 11) is 0. The van der Waals surface area contributed by atoms with Gasteiger partial charge < -0.3 is 15.2 Å². The van der Waals surface area contributed by atoms with Gasteiger partial charge in [0.2, 0.25) is 6.41 Å². The van der Waals surface area contributed by atoms with Crippen molar-refractivity contribution >= 4 is 24.1 Å². The smallest absolute Gasteiger partial charge is 0.331 e. The van der Waals surface area contributed by atoms with E-state index in [1.54, 1.807) is 18.7 Å². The van der Waals surface area contributed by atoms with Crippen molar-refractivity contribution in [2.24, 2.45) is 0 Å². The van der Waals surface area contributed by atoms with Crippen LogP contribution in [0.25, 0.3) is 0 Å². The lowest BCUT2D eigenvalue weighted by Crippen LogP contribution is -2.46. The van der Waals surface area contributed by atoms with E-state index in [0.29, 0.717) is 12.8 Å². The number of aliphatic hydroxyl groups is 1. The van der Waals surface area contributed by atoms with E-state index < -0.39 is 18.1 Å². The van der Waals surface area contributed by atoms with E-state index in [2.05, 4.69) is 5.32 Å². The van der Waals surface area contributed by atoms with Crippen LogP contribution in [0.15, 0.2) is 0 Å². The zero-order chi connectivity index (χ0) is 11.7. The summed E-state index contributed by atoms with van der Waals surface area (Å²) in [6.07, 6.45) is 1.83. The first-order chi connectivity index (χ1) is 7.17. The molecule has 0 rings (SSSR count). The van der Waals surface area contributed by atoms with Gasteiger partial charge in [-0.1, -0.05) is 0 Å². The Morgan fingerprint density at radius 3 is 2.80 bits per heavy atom. The fourth-order valence-corrected chi connectivity index (χ4v) is 1.52. The van der Waals surface area contributed by atoms with Gasteiger partial charge in [0.1, 0.15) is 0 Å². The van der Waals surface area contributed by atoms with E-state index in [-0.39, 0.29) is 6.61 Å². The molecule has 2 N–H and O–H groups in total. The molecule has 0 aliphatic carbocycles. The molecule has 0 fully saturated rings. The van der Waals surface area contributed by atoms with Crippen molar-refractivity contribution in [2.75, 3.05) is 18.6 Å². The van der Waals surface area contributed by atoms with Crippen LogP contribution in [0.1, 0.15) is 13.3 Å². The Kier molecular flexibility index (Phi) is 8.12. The van der Waals surface area contributed by atoms with Crippen LogP contribution in [-0.2, 0) is 14.3 Å². The number of amides is 1. The van der Waals surface area contributed by atoms with Crippen LogP contribution in [0, 0.1) is 0 Å². The largest absolute Gasteiger partial charge is 0.464 e. The number of carbonyl (C=O) groups is 2. The molecule has 0 aromatic rings. The molecule has 0 aliphatic rings. The molecule has 5 nitrogen and oxygen atoms in total. The van der Waals surface area contributed by atoms with Gasteiger partial charge in [-0.05, 0) is 25.4 Å². The first kappa shape index (κ1) is 14.2. The molecule has 15 heavy (non-hydrogen) atoms. The van der Waals surface area contributed by atoms with E-state index >= 15 is 0 Å². The summed E-state index contributed by atoms with van der Waals surface area (Å²) in [4.78, 5) is 21.6. The van der Waals surface area contributed by atoms with E-state index in [9.17, 15) is 14.7 Å². The second kappa shape index (κ2) is 8.55. The molecular formula is C9H17NO4S. The van der Waals surface area contributed by atoms with Crippen molar-refractivity contribution in [3.05, 3.63) is 0 Å². The van der Waals surface area contributed by atoms with E-state index in [4.69, 9.17) is 4.74 Å². The summed E-state index contributed by atoms with van der Waals surface area (Å²) >= 11 is 1.56. The Balaban J connectivity index is 4.22. The van der Waals surface area contributed by atoms with Crippen molar-refractivity contribution in [1.29, 1.82) is 0 Å². The minimum atomic E-state index is -0.963. The van der Waals surface area contributed by atoms with E-state index in [0.717, 1.165) is 5.75 Å². The topological polar surface area (TPSA) is 75.6 Å².